The maximum atomic E-state index is 12.3. The predicted octanol–water partition coefficient (Wildman–Crippen LogP) is 2.76. The molecule has 1 aromatic rings. The highest BCUT2D eigenvalue weighted by Gasteiger charge is 2.54. The Morgan fingerprint density at radius 2 is 2.24 bits per heavy atom. The lowest BCUT2D eigenvalue weighted by molar-refractivity contribution is -0.146. The number of hydrogen-bond donors (Lipinski definition) is 0. The average Bonchev–Trinajstić information content (AvgIpc) is 3.12. The van der Waals surface area contributed by atoms with Gasteiger partial charge in [-0.05, 0) is 32.8 Å². The van der Waals surface area contributed by atoms with Gasteiger partial charge in [0.05, 0.1) is 25.2 Å². The first-order chi connectivity index (χ1) is 10.2. The van der Waals surface area contributed by atoms with Crippen molar-refractivity contribution in [3.63, 3.8) is 0 Å². The minimum Gasteiger partial charge on any atom is -0.488 e. The Morgan fingerprint density at radius 1 is 1.43 bits per heavy atom. The standard InChI is InChI=1S/C17H22O4/c1-3-20-16(18)17(7-8-17)14-10-12(2)4-5-15(14)21-13-6-9-19-11-13/h4-5,10,13H,3,6-9,11H2,1-2H3. The highest BCUT2D eigenvalue weighted by atomic mass is 16.5. The molecule has 1 saturated heterocycles. The number of rotatable bonds is 5. The van der Waals surface area contributed by atoms with Crippen molar-refractivity contribution >= 4 is 5.97 Å². The molecule has 1 heterocycles. The lowest BCUT2D eigenvalue weighted by Gasteiger charge is -2.21. The van der Waals surface area contributed by atoms with E-state index in [1.165, 1.54) is 0 Å². The molecule has 21 heavy (non-hydrogen) atoms. The fourth-order valence-corrected chi connectivity index (χ4v) is 2.88. The molecule has 3 rings (SSSR count). The van der Waals surface area contributed by atoms with Crippen LogP contribution in [0.1, 0.15) is 37.3 Å². The number of aryl methyl sites for hydroxylation is 1. The highest BCUT2D eigenvalue weighted by molar-refractivity contribution is 5.87. The van der Waals surface area contributed by atoms with E-state index in [1.807, 2.05) is 26.0 Å². The zero-order chi connectivity index (χ0) is 14.9. The van der Waals surface area contributed by atoms with Crippen LogP contribution in [0.25, 0.3) is 0 Å². The summed E-state index contributed by atoms with van der Waals surface area (Å²) in [4.78, 5) is 12.3. The van der Waals surface area contributed by atoms with Crippen LogP contribution in [0.15, 0.2) is 18.2 Å². The van der Waals surface area contributed by atoms with Crippen molar-refractivity contribution in [1.29, 1.82) is 0 Å². The lowest BCUT2D eigenvalue weighted by atomic mass is 9.93. The van der Waals surface area contributed by atoms with Crippen LogP contribution in [-0.4, -0.2) is 31.9 Å². The van der Waals surface area contributed by atoms with Crippen molar-refractivity contribution in [3.05, 3.63) is 29.3 Å². The van der Waals surface area contributed by atoms with Crippen LogP contribution >= 0.6 is 0 Å². The summed E-state index contributed by atoms with van der Waals surface area (Å²) < 4.78 is 16.7. The summed E-state index contributed by atoms with van der Waals surface area (Å²) in [6.45, 7) is 5.67. The fraction of sp³-hybridized carbons (Fsp3) is 0.588. The van der Waals surface area contributed by atoms with E-state index in [4.69, 9.17) is 14.2 Å². The van der Waals surface area contributed by atoms with E-state index < -0.39 is 5.41 Å². The van der Waals surface area contributed by atoms with Gasteiger partial charge < -0.3 is 14.2 Å². The van der Waals surface area contributed by atoms with Crippen LogP contribution in [0.4, 0.5) is 0 Å². The second kappa shape index (κ2) is 5.68. The molecular formula is C17H22O4. The molecule has 1 unspecified atom stereocenters. The van der Waals surface area contributed by atoms with Crippen LogP contribution in [0.5, 0.6) is 5.75 Å². The summed E-state index contributed by atoms with van der Waals surface area (Å²) in [7, 11) is 0. The number of carbonyl (C=O) groups is 1. The molecule has 0 N–H and O–H groups in total. The largest absolute Gasteiger partial charge is 0.488 e. The predicted molar refractivity (Wildman–Crippen MR) is 78.6 cm³/mol. The van der Waals surface area contributed by atoms with Gasteiger partial charge in [0, 0.05) is 12.0 Å². The van der Waals surface area contributed by atoms with Gasteiger partial charge in [-0.2, -0.15) is 0 Å². The summed E-state index contributed by atoms with van der Waals surface area (Å²) in [6, 6.07) is 6.06. The number of benzene rings is 1. The van der Waals surface area contributed by atoms with E-state index in [0.29, 0.717) is 13.2 Å². The molecule has 0 bridgehead atoms. The normalized spacial score (nSPS) is 22.9. The second-order valence-electron chi connectivity index (χ2n) is 5.91. The van der Waals surface area contributed by atoms with Gasteiger partial charge in [-0.3, -0.25) is 4.79 Å². The molecule has 0 spiro atoms. The molecule has 1 aromatic carbocycles. The molecule has 1 atom stereocenters. The summed E-state index contributed by atoms with van der Waals surface area (Å²) in [5, 5.41) is 0. The van der Waals surface area contributed by atoms with Crippen LogP contribution in [-0.2, 0) is 19.7 Å². The first kappa shape index (κ1) is 14.4. The molecule has 4 heteroatoms. The fourth-order valence-electron chi connectivity index (χ4n) is 2.88. The van der Waals surface area contributed by atoms with E-state index in [2.05, 4.69) is 6.07 Å². The van der Waals surface area contributed by atoms with Gasteiger partial charge in [-0.15, -0.1) is 0 Å². The van der Waals surface area contributed by atoms with Crippen LogP contribution in [0.2, 0.25) is 0 Å². The molecule has 0 radical (unpaired) electrons. The third-order valence-electron chi connectivity index (χ3n) is 4.25. The average molecular weight is 290 g/mol. The molecule has 2 fully saturated rings. The van der Waals surface area contributed by atoms with E-state index in [1.54, 1.807) is 0 Å². The molecule has 1 aliphatic carbocycles. The molecule has 1 aliphatic heterocycles. The first-order valence-corrected chi connectivity index (χ1v) is 7.68. The second-order valence-corrected chi connectivity index (χ2v) is 5.91. The summed E-state index contributed by atoms with van der Waals surface area (Å²) in [6.07, 6.45) is 2.67. The number of carbonyl (C=O) groups excluding carboxylic acids is 1. The summed E-state index contributed by atoms with van der Waals surface area (Å²) in [5.74, 6) is 0.685. The number of esters is 1. The van der Waals surface area contributed by atoms with Gasteiger partial charge in [-0.1, -0.05) is 17.7 Å². The van der Waals surface area contributed by atoms with Crippen LogP contribution in [0.3, 0.4) is 0 Å². The Bertz CT molecular complexity index is 528. The Balaban J connectivity index is 1.89. The van der Waals surface area contributed by atoms with Crippen LogP contribution < -0.4 is 4.74 Å². The van der Waals surface area contributed by atoms with E-state index in [0.717, 1.165) is 42.7 Å². The molecular weight excluding hydrogens is 268 g/mol. The topological polar surface area (TPSA) is 44.8 Å². The Morgan fingerprint density at radius 3 is 2.86 bits per heavy atom. The molecule has 1 saturated carbocycles. The third-order valence-corrected chi connectivity index (χ3v) is 4.25. The molecule has 0 aromatic heterocycles. The smallest absolute Gasteiger partial charge is 0.316 e. The number of ether oxygens (including phenoxy) is 3. The minimum absolute atomic E-state index is 0.0875. The summed E-state index contributed by atoms with van der Waals surface area (Å²) in [5.41, 5.74) is 1.63. The maximum absolute atomic E-state index is 12.3. The van der Waals surface area contributed by atoms with Gasteiger partial charge in [0.15, 0.2) is 0 Å². The molecule has 114 valence electrons. The van der Waals surface area contributed by atoms with E-state index >= 15 is 0 Å². The van der Waals surface area contributed by atoms with E-state index in [9.17, 15) is 4.79 Å². The van der Waals surface area contributed by atoms with E-state index in [-0.39, 0.29) is 12.1 Å². The lowest BCUT2D eigenvalue weighted by Crippen LogP contribution is -2.25. The van der Waals surface area contributed by atoms with Crippen molar-refractivity contribution < 1.29 is 19.0 Å². The van der Waals surface area contributed by atoms with Crippen molar-refractivity contribution in [2.75, 3.05) is 19.8 Å². The minimum atomic E-state index is -0.489. The number of hydrogen-bond acceptors (Lipinski definition) is 4. The first-order valence-electron chi connectivity index (χ1n) is 7.68. The van der Waals surface area contributed by atoms with Crippen molar-refractivity contribution in [3.8, 4) is 5.75 Å². The third kappa shape index (κ3) is 2.77. The highest BCUT2D eigenvalue weighted by Crippen LogP contribution is 2.52. The molecule has 4 nitrogen and oxygen atoms in total. The zero-order valence-corrected chi connectivity index (χ0v) is 12.7. The maximum Gasteiger partial charge on any atom is 0.316 e. The monoisotopic (exact) mass is 290 g/mol. The molecule has 2 aliphatic rings. The van der Waals surface area contributed by atoms with Crippen molar-refractivity contribution in [2.45, 2.75) is 44.6 Å². The van der Waals surface area contributed by atoms with Gasteiger partial charge in [-0.25, -0.2) is 0 Å². The SMILES string of the molecule is CCOC(=O)C1(c2cc(C)ccc2OC2CCOC2)CC1. The van der Waals surface area contributed by atoms with Crippen molar-refractivity contribution in [2.24, 2.45) is 0 Å². The Labute approximate surface area is 125 Å². The van der Waals surface area contributed by atoms with Gasteiger partial charge in [0.25, 0.3) is 0 Å². The Hall–Kier alpha value is -1.55. The van der Waals surface area contributed by atoms with Crippen LogP contribution in [0, 0.1) is 6.92 Å². The van der Waals surface area contributed by atoms with Gasteiger partial charge in [0.1, 0.15) is 11.9 Å². The molecule has 0 amide bonds. The summed E-state index contributed by atoms with van der Waals surface area (Å²) >= 11 is 0. The van der Waals surface area contributed by atoms with Gasteiger partial charge in [0.2, 0.25) is 0 Å². The Kier molecular flexibility index (Phi) is 3.89. The zero-order valence-electron chi connectivity index (χ0n) is 12.7. The van der Waals surface area contributed by atoms with Crippen molar-refractivity contribution in [1.82, 2.24) is 0 Å². The van der Waals surface area contributed by atoms with Gasteiger partial charge >= 0.3 is 5.97 Å². The quantitative estimate of drug-likeness (QED) is 0.782.